The number of nitrogens with zero attached hydrogens (tertiary/aromatic N) is 4. The molecule has 2 unspecified atom stereocenters. The average molecular weight is 371 g/mol. The Labute approximate surface area is 123 Å². The topological polar surface area (TPSA) is 86.7 Å². The van der Waals surface area contributed by atoms with Crippen LogP contribution in [0.25, 0.3) is 11.0 Å². The van der Waals surface area contributed by atoms with Crippen molar-refractivity contribution in [2.24, 2.45) is 5.92 Å². The van der Waals surface area contributed by atoms with Gasteiger partial charge in [-0.1, -0.05) is 6.42 Å². The molecule has 2 heterocycles. The van der Waals surface area contributed by atoms with E-state index in [-0.39, 0.29) is 12.0 Å². The number of aldehydes is 1. The minimum atomic E-state index is 0.134. The lowest BCUT2D eigenvalue weighted by Gasteiger charge is -2.26. The first-order chi connectivity index (χ1) is 9.20. The van der Waals surface area contributed by atoms with Gasteiger partial charge in [0.2, 0.25) is 0 Å². The fourth-order valence-electron chi connectivity index (χ4n) is 2.75. The van der Waals surface area contributed by atoms with Gasteiger partial charge in [0.05, 0.1) is 11.4 Å². The van der Waals surface area contributed by atoms with E-state index in [0.29, 0.717) is 5.82 Å². The van der Waals surface area contributed by atoms with E-state index in [1.165, 1.54) is 6.33 Å². The monoisotopic (exact) mass is 371 g/mol. The van der Waals surface area contributed by atoms with Gasteiger partial charge in [-0.15, -0.1) is 0 Å². The molecule has 1 saturated carbocycles. The SMILES string of the molecule is Nc1ncnc2c1c(I)nn2C1CCCC(C=O)C1. The number of fused-ring (bicyclic) bond motifs is 1. The van der Waals surface area contributed by atoms with E-state index in [1.54, 1.807) is 0 Å². The molecule has 1 fully saturated rings. The second-order valence-corrected chi connectivity index (χ2v) is 5.93. The standard InChI is InChI=1S/C12H14IN5O/c13-10-9-11(14)15-6-16-12(9)18(17-10)8-3-1-2-7(4-8)5-19/h5-8H,1-4H2,(H2,14,15,16). The molecule has 2 aromatic rings. The third-order valence-corrected chi connectivity index (χ3v) is 4.46. The van der Waals surface area contributed by atoms with Crippen LogP contribution in [0.1, 0.15) is 31.7 Å². The summed E-state index contributed by atoms with van der Waals surface area (Å²) < 4.78 is 2.74. The lowest BCUT2D eigenvalue weighted by molar-refractivity contribution is -0.112. The number of nitrogens with two attached hydrogens (primary N) is 1. The molecular weight excluding hydrogens is 357 g/mol. The molecule has 2 atom stereocenters. The lowest BCUT2D eigenvalue weighted by Crippen LogP contribution is -2.21. The van der Waals surface area contributed by atoms with Gasteiger partial charge < -0.3 is 10.5 Å². The number of anilines is 1. The third kappa shape index (κ3) is 2.19. The predicted molar refractivity (Wildman–Crippen MR) is 79.5 cm³/mol. The maximum absolute atomic E-state index is 11.0. The maximum Gasteiger partial charge on any atom is 0.164 e. The van der Waals surface area contributed by atoms with Crippen molar-refractivity contribution in [2.75, 3.05) is 5.73 Å². The highest BCUT2D eigenvalue weighted by atomic mass is 127. The van der Waals surface area contributed by atoms with E-state index in [4.69, 9.17) is 5.73 Å². The second-order valence-electron chi connectivity index (χ2n) is 4.91. The number of carbonyl (C=O) groups excluding carboxylic acids is 1. The Morgan fingerprint density at radius 2 is 2.26 bits per heavy atom. The van der Waals surface area contributed by atoms with E-state index in [0.717, 1.165) is 46.7 Å². The number of rotatable bonds is 2. The smallest absolute Gasteiger partial charge is 0.164 e. The molecule has 100 valence electrons. The Hall–Kier alpha value is -1.25. The fourth-order valence-corrected chi connectivity index (χ4v) is 3.50. The van der Waals surface area contributed by atoms with Crippen molar-refractivity contribution in [2.45, 2.75) is 31.7 Å². The highest BCUT2D eigenvalue weighted by Gasteiger charge is 2.26. The normalized spacial score (nSPS) is 23.6. The van der Waals surface area contributed by atoms with Gasteiger partial charge in [-0.3, -0.25) is 0 Å². The Morgan fingerprint density at radius 3 is 3.05 bits per heavy atom. The quantitative estimate of drug-likeness (QED) is 0.644. The van der Waals surface area contributed by atoms with E-state index < -0.39 is 0 Å². The van der Waals surface area contributed by atoms with E-state index in [2.05, 4.69) is 37.7 Å². The van der Waals surface area contributed by atoms with E-state index >= 15 is 0 Å². The van der Waals surface area contributed by atoms with E-state index in [9.17, 15) is 4.79 Å². The number of halogens is 1. The summed E-state index contributed by atoms with van der Waals surface area (Å²) in [5.41, 5.74) is 6.66. The summed E-state index contributed by atoms with van der Waals surface area (Å²) >= 11 is 2.15. The highest BCUT2D eigenvalue weighted by Crippen LogP contribution is 2.34. The van der Waals surface area contributed by atoms with Gasteiger partial charge in [-0.25, -0.2) is 14.6 Å². The summed E-state index contributed by atoms with van der Waals surface area (Å²) in [6.07, 6.45) is 6.42. The number of hydrogen-bond donors (Lipinski definition) is 1. The molecule has 0 radical (unpaired) electrons. The maximum atomic E-state index is 11.0. The van der Waals surface area contributed by atoms with Crippen molar-refractivity contribution in [3.8, 4) is 0 Å². The van der Waals surface area contributed by atoms with Crippen LogP contribution in [0.15, 0.2) is 6.33 Å². The Balaban J connectivity index is 2.05. The minimum Gasteiger partial charge on any atom is -0.383 e. The molecule has 7 heteroatoms. The van der Waals surface area contributed by atoms with Crippen LogP contribution in [0.3, 0.4) is 0 Å². The van der Waals surface area contributed by atoms with Crippen LogP contribution in [0.5, 0.6) is 0 Å². The largest absolute Gasteiger partial charge is 0.383 e. The summed E-state index contributed by atoms with van der Waals surface area (Å²) in [4.78, 5) is 19.3. The average Bonchev–Trinajstić information content (AvgIpc) is 2.78. The first kappa shape index (κ1) is 12.8. The molecule has 0 spiro atoms. The Kier molecular flexibility index (Phi) is 3.38. The number of carbonyl (C=O) groups is 1. The van der Waals surface area contributed by atoms with Gasteiger partial charge in [-0.2, -0.15) is 5.10 Å². The first-order valence-electron chi connectivity index (χ1n) is 6.30. The fraction of sp³-hybridized carbons (Fsp3) is 0.500. The summed E-state index contributed by atoms with van der Waals surface area (Å²) in [5.74, 6) is 0.596. The van der Waals surface area contributed by atoms with Gasteiger partial charge in [0.15, 0.2) is 5.65 Å². The molecule has 6 nitrogen and oxygen atoms in total. The molecule has 2 N–H and O–H groups in total. The van der Waals surface area contributed by atoms with Crippen molar-refractivity contribution < 1.29 is 4.79 Å². The van der Waals surface area contributed by atoms with Crippen LogP contribution in [0.4, 0.5) is 5.82 Å². The number of aromatic nitrogens is 4. The van der Waals surface area contributed by atoms with Crippen LogP contribution < -0.4 is 5.73 Å². The number of nitrogen functional groups attached to an aromatic ring is 1. The molecule has 3 rings (SSSR count). The van der Waals surface area contributed by atoms with Gasteiger partial charge >= 0.3 is 0 Å². The zero-order valence-electron chi connectivity index (χ0n) is 10.3. The van der Waals surface area contributed by atoms with Gasteiger partial charge in [-0.05, 0) is 41.9 Å². The van der Waals surface area contributed by atoms with E-state index in [1.807, 2.05) is 4.68 Å². The summed E-state index contributed by atoms with van der Waals surface area (Å²) in [6, 6.07) is 0.226. The molecule has 0 bridgehead atoms. The zero-order valence-corrected chi connectivity index (χ0v) is 12.4. The Morgan fingerprint density at radius 1 is 1.42 bits per heavy atom. The van der Waals surface area contributed by atoms with Crippen LogP contribution in [0, 0.1) is 9.62 Å². The van der Waals surface area contributed by atoms with Crippen LogP contribution in [-0.4, -0.2) is 26.0 Å². The van der Waals surface area contributed by atoms with Gasteiger partial charge in [0.1, 0.15) is 22.1 Å². The summed E-state index contributed by atoms with van der Waals surface area (Å²) in [7, 11) is 0. The second kappa shape index (κ2) is 5.03. The molecule has 0 saturated heterocycles. The van der Waals surface area contributed by atoms with Crippen molar-refractivity contribution >= 4 is 45.7 Å². The summed E-state index contributed by atoms with van der Waals surface area (Å²) in [5, 5.41) is 5.36. The molecule has 0 aromatic carbocycles. The molecule has 0 aliphatic heterocycles. The Bertz CT molecular complexity index is 626. The molecule has 19 heavy (non-hydrogen) atoms. The zero-order chi connectivity index (χ0) is 13.4. The molecule has 1 aliphatic rings. The predicted octanol–water partition coefficient (Wildman–Crippen LogP) is 1.94. The van der Waals surface area contributed by atoms with Crippen molar-refractivity contribution in [1.82, 2.24) is 19.7 Å². The minimum absolute atomic E-state index is 0.134. The van der Waals surface area contributed by atoms with Crippen LogP contribution >= 0.6 is 22.6 Å². The first-order valence-corrected chi connectivity index (χ1v) is 7.38. The van der Waals surface area contributed by atoms with Crippen molar-refractivity contribution in [1.29, 1.82) is 0 Å². The third-order valence-electron chi connectivity index (χ3n) is 3.70. The van der Waals surface area contributed by atoms with Crippen molar-refractivity contribution in [3.63, 3.8) is 0 Å². The van der Waals surface area contributed by atoms with Crippen LogP contribution in [-0.2, 0) is 4.79 Å². The molecule has 1 aliphatic carbocycles. The molecule has 0 amide bonds. The van der Waals surface area contributed by atoms with Crippen molar-refractivity contribution in [3.05, 3.63) is 10.0 Å². The van der Waals surface area contributed by atoms with Gasteiger partial charge in [0, 0.05) is 5.92 Å². The summed E-state index contributed by atoms with van der Waals surface area (Å²) in [6.45, 7) is 0. The highest BCUT2D eigenvalue weighted by molar-refractivity contribution is 14.1. The number of hydrogen-bond acceptors (Lipinski definition) is 5. The van der Waals surface area contributed by atoms with Gasteiger partial charge in [0.25, 0.3) is 0 Å². The van der Waals surface area contributed by atoms with Crippen LogP contribution in [0.2, 0.25) is 0 Å². The molecular formula is C12H14IN5O. The molecule has 2 aromatic heterocycles. The lowest BCUT2D eigenvalue weighted by atomic mass is 9.87.